The minimum atomic E-state index is -3.32. The molecule has 0 spiro atoms. The highest BCUT2D eigenvalue weighted by Crippen LogP contribution is 2.30. The largest absolute Gasteiger partial charge is 0.462 e. The minimum absolute atomic E-state index is 0.226. The number of hydrogen-bond donors (Lipinski definition) is 2. The number of aromatic nitrogens is 3. The van der Waals surface area contributed by atoms with E-state index >= 15 is 0 Å². The molecule has 2 N–H and O–H groups in total. The molecule has 1 fully saturated rings. The fourth-order valence-corrected chi connectivity index (χ4v) is 5.18. The summed E-state index contributed by atoms with van der Waals surface area (Å²) in [5.74, 6) is 0.541. The number of carbonyl (C=O) groups excluding carboxylic acids is 1. The van der Waals surface area contributed by atoms with Gasteiger partial charge in [-0.05, 0) is 38.8 Å². The summed E-state index contributed by atoms with van der Waals surface area (Å²) >= 11 is 1.16. The molecule has 0 aliphatic carbocycles. The number of nitrogens with one attached hydrogen (secondary N) is 1. The Balaban J connectivity index is 1.69. The number of carbonyl (C=O) groups is 1. The van der Waals surface area contributed by atoms with Gasteiger partial charge >= 0.3 is 5.97 Å². The van der Waals surface area contributed by atoms with Crippen molar-refractivity contribution in [2.45, 2.75) is 37.7 Å². The number of aliphatic hydroxyl groups excluding tert-OH is 1. The highest BCUT2D eigenvalue weighted by Gasteiger charge is 2.21. The highest BCUT2D eigenvalue weighted by atomic mass is 32.2. The van der Waals surface area contributed by atoms with E-state index in [1.54, 1.807) is 38.1 Å². The number of thiazole rings is 1. The Labute approximate surface area is 207 Å². The van der Waals surface area contributed by atoms with Gasteiger partial charge in [0.1, 0.15) is 10.7 Å². The Morgan fingerprint density at radius 1 is 1.20 bits per heavy atom. The zero-order valence-corrected chi connectivity index (χ0v) is 21.3. The number of hydrogen-bond acceptors (Lipinski definition) is 11. The van der Waals surface area contributed by atoms with Gasteiger partial charge in [0.05, 0.1) is 29.0 Å². The molecule has 186 valence electrons. The maximum atomic E-state index is 12.2. The van der Waals surface area contributed by atoms with Crippen molar-refractivity contribution < 1.29 is 23.1 Å². The Morgan fingerprint density at radius 2 is 1.89 bits per heavy atom. The molecule has 0 radical (unpaired) electrons. The number of anilines is 3. The average Bonchev–Trinajstić information content (AvgIpc) is 3.19. The molecule has 10 nitrogen and oxygen atoms in total. The van der Waals surface area contributed by atoms with Crippen LogP contribution in [0.25, 0.3) is 11.3 Å². The molecular formula is C23H27N5O5S2. The number of sulfone groups is 1. The second kappa shape index (κ2) is 10.3. The third-order valence-corrected chi connectivity index (χ3v) is 7.74. The predicted molar refractivity (Wildman–Crippen MR) is 134 cm³/mol. The van der Waals surface area contributed by atoms with Crippen LogP contribution in [0, 0.1) is 6.92 Å². The first-order valence-electron chi connectivity index (χ1n) is 11.2. The molecule has 3 aromatic rings. The summed E-state index contributed by atoms with van der Waals surface area (Å²) in [6.07, 6.45) is 2.12. The summed E-state index contributed by atoms with van der Waals surface area (Å²) in [7, 11) is -3.32. The highest BCUT2D eigenvalue weighted by molar-refractivity contribution is 7.90. The molecule has 12 heteroatoms. The molecule has 35 heavy (non-hydrogen) atoms. The van der Waals surface area contributed by atoms with Crippen molar-refractivity contribution in [3.05, 3.63) is 40.9 Å². The molecule has 0 atom stereocenters. The monoisotopic (exact) mass is 517 g/mol. The van der Waals surface area contributed by atoms with Gasteiger partial charge < -0.3 is 14.7 Å². The van der Waals surface area contributed by atoms with E-state index in [4.69, 9.17) is 4.74 Å². The van der Waals surface area contributed by atoms with Gasteiger partial charge in [0.2, 0.25) is 5.95 Å². The molecule has 1 aromatic carbocycles. The first-order valence-corrected chi connectivity index (χ1v) is 13.9. The summed E-state index contributed by atoms with van der Waals surface area (Å²) in [4.78, 5) is 28.6. The lowest BCUT2D eigenvalue weighted by atomic mass is 10.1. The van der Waals surface area contributed by atoms with Gasteiger partial charge in [-0.15, -0.1) is 0 Å². The molecule has 1 aliphatic heterocycles. The summed E-state index contributed by atoms with van der Waals surface area (Å²) in [5.41, 5.74) is 1.87. The second-order valence-electron chi connectivity index (χ2n) is 8.23. The van der Waals surface area contributed by atoms with Gasteiger partial charge in [0.15, 0.2) is 15.0 Å². The van der Waals surface area contributed by atoms with Gasteiger partial charge in [-0.25, -0.2) is 23.2 Å². The van der Waals surface area contributed by atoms with Crippen LogP contribution in [-0.4, -0.2) is 66.5 Å². The van der Waals surface area contributed by atoms with Crippen molar-refractivity contribution >= 4 is 44.0 Å². The van der Waals surface area contributed by atoms with Crippen LogP contribution in [0.4, 0.5) is 16.9 Å². The van der Waals surface area contributed by atoms with Crippen LogP contribution >= 0.6 is 11.3 Å². The van der Waals surface area contributed by atoms with Crippen LogP contribution in [0.5, 0.6) is 0 Å². The van der Waals surface area contributed by atoms with E-state index in [1.165, 1.54) is 0 Å². The lowest BCUT2D eigenvalue weighted by Gasteiger charge is -2.30. The zero-order valence-electron chi connectivity index (χ0n) is 19.7. The summed E-state index contributed by atoms with van der Waals surface area (Å²) in [5, 5.41) is 13.4. The van der Waals surface area contributed by atoms with Crippen molar-refractivity contribution in [3.8, 4) is 11.3 Å². The molecule has 0 unspecified atom stereocenters. The third-order valence-electron chi connectivity index (χ3n) is 5.56. The van der Waals surface area contributed by atoms with Gasteiger partial charge in [0.25, 0.3) is 0 Å². The van der Waals surface area contributed by atoms with Gasteiger partial charge in [-0.1, -0.05) is 23.5 Å². The zero-order chi connectivity index (χ0) is 25.2. The lowest BCUT2D eigenvalue weighted by molar-refractivity contribution is 0.0531. The number of piperidine rings is 1. The van der Waals surface area contributed by atoms with E-state index in [-0.39, 0.29) is 17.6 Å². The quantitative estimate of drug-likeness (QED) is 0.450. The molecule has 0 bridgehead atoms. The third kappa shape index (κ3) is 5.95. The van der Waals surface area contributed by atoms with Crippen LogP contribution < -0.4 is 10.2 Å². The minimum Gasteiger partial charge on any atom is -0.462 e. The Hall–Kier alpha value is -3.09. The van der Waals surface area contributed by atoms with E-state index in [9.17, 15) is 18.3 Å². The summed E-state index contributed by atoms with van der Waals surface area (Å²) < 4.78 is 28.8. The van der Waals surface area contributed by atoms with Crippen LogP contribution in [0.15, 0.2) is 35.2 Å². The molecule has 0 amide bonds. The molecule has 2 aromatic heterocycles. The number of benzene rings is 1. The molecule has 1 aliphatic rings. The molecule has 1 saturated heterocycles. The summed E-state index contributed by atoms with van der Waals surface area (Å²) in [6, 6.07) is 8.35. The fraction of sp³-hybridized carbons (Fsp3) is 0.391. The first-order chi connectivity index (χ1) is 16.6. The number of ether oxygens (including phenoxy) is 1. The fourth-order valence-electron chi connectivity index (χ4n) is 3.70. The molecular weight excluding hydrogens is 490 g/mol. The van der Waals surface area contributed by atoms with Crippen molar-refractivity contribution in [3.63, 3.8) is 0 Å². The van der Waals surface area contributed by atoms with E-state index in [0.717, 1.165) is 23.2 Å². The summed E-state index contributed by atoms with van der Waals surface area (Å²) in [6.45, 7) is 5.05. The Bertz CT molecular complexity index is 1320. The van der Waals surface area contributed by atoms with Crippen molar-refractivity contribution in [2.75, 3.05) is 36.2 Å². The van der Waals surface area contributed by atoms with Crippen LogP contribution in [0.3, 0.4) is 0 Å². The number of aryl methyl sites for hydroxylation is 1. The normalized spacial score (nSPS) is 14.7. The Morgan fingerprint density at radius 3 is 2.51 bits per heavy atom. The SMILES string of the molecule is CCOC(=O)c1sc(Nc2nc(-c3ccc(S(C)(=O)=O)cc3)cc(N3CCC(O)CC3)n2)nc1C. The predicted octanol–water partition coefficient (Wildman–Crippen LogP) is 3.19. The first kappa shape index (κ1) is 25.0. The maximum absolute atomic E-state index is 12.2. The Kier molecular flexibility index (Phi) is 7.33. The molecule has 4 rings (SSSR count). The average molecular weight is 518 g/mol. The van der Waals surface area contributed by atoms with E-state index in [1.807, 2.05) is 6.07 Å². The number of rotatable bonds is 7. The van der Waals surface area contributed by atoms with Gasteiger partial charge in [0, 0.05) is 31.0 Å². The topological polar surface area (TPSA) is 135 Å². The maximum Gasteiger partial charge on any atom is 0.350 e. The van der Waals surface area contributed by atoms with E-state index in [0.29, 0.717) is 59.1 Å². The van der Waals surface area contributed by atoms with Crippen molar-refractivity contribution in [2.24, 2.45) is 0 Å². The lowest BCUT2D eigenvalue weighted by Crippen LogP contribution is -2.36. The van der Waals surface area contributed by atoms with Crippen molar-refractivity contribution in [1.29, 1.82) is 0 Å². The van der Waals surface area contributed by atoms with Gasteiger partial charge in [-0.2, -0.15) is 4.98 Å². The van der Waals surface area contributed by atoms with E-state index in [2.05, 4.69) is 25.2 Å². The number of nitrogens with zero attached hydrogens (tertiary/aromatic N) is 4. The van der Waals surface area contributed by atoms with Crippen LogP contribution in [0.2, 0.25) is 0 Å². The van der Waals surface area contributed by atoms with E-state index < -0.39 is 15.8 Å². The standard InChI is InChI=1S/C23H27N5O5S2/c1-4-33-21(30)20-14(2)24-23(34-20)27-22-25-18(15-5-7-17(8-6-15)35(3,31)32)13-19(26-22)28-11-9-16(29)10-12-28/h5-8,13,16,29H,4,9-12H2,1-3H3,(H,24,25,26,27). The molecule has 3 heterocycles. The number of aliphatic hydroxyl groups is 1. The number of esters is 1. The van der Waals surface area contributed by atoms with Gasteiger partial charge in [-0.3, -0.25) is 5.32 Å². The van der Waals surface area contributed by atoms with Crippen LogP contribution in [0.1, 0.15) is 35.1 Å². The van der Waals surface area contributed by atoms with Crippen molar-refractivity contribution in [1.82, 2.24) is 15.0 Å². The second-order valence-corrected chi connectivity index (χ2v) is 11.2. The molecule has 0 saturated carbocycles. The van der Waals surface area contributed by atoms with Crippen LogP contribution in [-0.2, 0) is 14.6 Å². The smallest absolute Gasteiger partial charge is 0.350 e.